The first-order chi connectivity index (χ1) is 11.8. The molecule has 4 rings (SSSR count). The minimum Gasteiger partial charge on any atom is -0.342 e. The molecule has 1 amide bonds. The highest BCUT2D eigenvalue weighted by Crippen LogP contribution is 2.67. The smallest absolute Gasteiger partial charge is 0.222 e. The van der Waals surface area contributed by atoms with Crippen LogP contribution in [0.15, 0.2) is 0 Å². The standard InChI is InChI=1S/C23H39NO/c1-6-8-16-15(2)20-17-9-7-12-22(17,3)13-10-18(20)23(4)14-11-19(25)24(5)21(16)23/h15-18,20-21H,6-14H2,1-5H3/t15-,16+,17-,18-,20-,21+,22-,23+/m0/s1. The Labute approximate surface area is 155 Å². The molecule has 2 heteroatoms. The monoisotopic (exact) mass is 345 g/mol. The summed E-state index contributed by atoms with van der Waals surface area (Å²) in [5, 5.41) is 0. The Balaban J connectivity index is 1.76. The van der Waals surface area contributed by atoms with E-state index in [1.165, 1.54) is 44.9 Å². The highest BCUT2D eigenvalue weighted by molar-refractivity contribution is 5.77. The second-order valence-corrected chi connectivity index (χ2v) is 10.6. The third-order valence-corrected chi connectivity index (χ3v) is 9.63. The maximum atomic E-state index is 12.6. The molecule has 0 N–H and O–H groups in total. The molecule has 0 bridgehead atoms. The summed E-state index contributed by atoms with van der Waals surface area (Å²) in [6.45, 7) is 10.1. The minimum absolute atomic E-state index is 0.351. The first-order valence-corrected chi connectivity index (χ1v) is 11.1. The van der Waals surface area contributed by atoms with Gasteiger partial charge in [-0.25, -0.2) is 0 Å². The number of hydrogen-bond acceptors (Lipinski definition) is 1. The Kier molecular flexibility index (Phi) is 4.28. The number of rotatable bonds is 2. The number of carbonyl (C=O) groups excluding carboxylic acids is 1. The fraction of sp³-hybridized carbons (Fsp3) is 0.957. The summed E-state index contributed by atoms with van der Waals surface area (Å²) in [5.74, 6) is 4.57. The molecular formula is C23H39NO. The largest absolute Gasteiger partial charge is 0.342 e. The lowest BCUT2D eigenvalue weighted by Crippen LogP contribution is -2.66. The van der Waals surface area contributed by atoms with Gasteiger partial charge in [0.1, 0.15) is 0 Å². The van der Waals surface area contributed by atoms with E-state index in [1.807, 2.05) is 0 Å². The minimum atomic E-state index is 0.351. The maximum Gasteiger partial charge on any atom is 0.222 e. The molecule has 0 unspecified atom stereocenters. The van der Waals surface area contributed by atoms with Crippen molar-refractivity contribution >= 4 is 5.91 Å². The van der Waals surface area contributed by atoms with Crippen LogP contribution in [0.1, 0.15) is 85.5 Å². The molecule has 3 aliphatic carbocycles. The van der Waals surface area contributed by atoms with Crippen LogP contribution in [-0.2, 0) is 4.79 Å². The number of carbonyl (C=O) groups is 1. The zero-order chi connectivity index (χ0) is 18.0. The third-order valence-electron chi connectivity index (χ3n) is 9.63. The van der Waals surface area contributed by atoms with Gasteiger partial charge >= 0.3 is 0 Å². The first-order valence-electron chi connectivity index (χ1n) is 11.1. The molecule has 0 aromatic rings. The summed E-state index contributed by atoms with van der Waals surface area (Å²) in [4.78, 5) is 14.8. The van der Waals surface area contributed by atoms with E-state index in [9.17, 15) is 4.79 Å². The lowest BCUT2D eigenvalue weighted by Gasteiger charge is -2.66. The van der Waals surface area contributed by atoms with Crippen LogP contribution in [0.5, 0.6) is 0 Å². The van der Waals surface area contributed by atoms with E-state index in [4.69, 9.17) is 0 Å². The zero-order valence-corrected chi connectivity index (χ0v) is 17.2. The molecular weight excluding hydrogens is 306 g/mol. The highest BCUT2D eigenvalue weighted by Gasteiger charge is 2.63. The van der Waals surface area contributed by atoms with Crippen molar-refractivity contribution in [2.75, 3.05) is 7.05 Å². The van der Waals surface area contributed by atoms with Crippen LogP contribution in [0.4, 0.5) is 0 Å². The van der Waals surface area contributed by atoms with Gasteiger partial charge in [0.2, 0.25) is 5.91 Å². The van der Waals surface area contributed by atoms with Crippen LogP contribution >= 0.6 is 0 Å². The van der Waals surface area contributed by atoms with Crippen molar-refractivity contribution in [3.05, 3.63) is 0 Å². The van der Waals surface area contributed by atoms with E-state index >= 15 is 0 Å². The van der Waals surface area contributed by atoms with Crippen molar-refractivity contribution in [3.63, 3.8) is 0 Å². The van der Waals surface area contributed by atoms with Gasteiger partial charge < -0.3 is 4.90 Å². The van der Waals surface area contributed by atoms with Gasteiger partial charge in [0.25, 0.3) is 0 Å². The average molecular weight is 346 g/mol. The van der Waals surface area contributed by atoms with Crippen molar-refractivity contribution < 1.29 is 4.79 Å². The molecule has 142 valence electrons. The molecule has 25 heavy (non-hydrogen) atoms. The van der Waals surface area contributed by atoms with Crippen molar-refractivity contribution in [3.8, 4) is 0 Å². The van der Waals surface area contributed by atoms with Crippen LogP contribution in [0.2, 0.25) is 0 Å². The SMILES string of the molecule is CCC[C@@H]1[C@H](C)[C@H]2[C@@H]3CCC[C@@]3(C)CC[C@@H]2[C@@]2(C)CCC(=O)N(C)[C@H]12. The summed E-state index contributed by atoms with van der Waals surface area (Å²) < 4.78 is 0. The number of nitrogens with zero attached hydrogens (tertiary/aromatic N) is 1. The highest BCUT2D eigenvalue weighted by atomic mass is 16.2. The molecule has 0 radical (unpaired) electrons. The van der Waals surface area contributed by atoms with Gasteiger partial charge in [0.15, 0.2) is 0 Å². The molecule has 0 aromatic heterocycles. The van der Waals surface area contributed by atoms with E-state index in [-0.39, 0.29) is 0 Å². The fourth-order valence-electron chi connectivity index (χ4n) is 8.49. The van der Waals surface area contributed by atoms with Gasteiger partial charge in [-0.3, -0.25) is 4.79 Å². The van der Waals surface area contributed by atoms with E-state index in [2.05, 4.69) is 39.6 Å². The Morgan fingerprint density at radius 3 is 2.60 bits per heavy atom. The summed E-state index contributed by atoms with van der Waals surface area (Å²) >= 11 is 0. The topological polar surface area (TPSA) is 20.3 Å². The zero-order valence-electron chi connectivity index (χ0n) is 17.2. The Bertz CT molecular complexity index is 544. The second kappa shape index (κ2) is 5.99. The summed E-state index contributed by atoms with van der Waals surface area (Å²) in [5.41, 5.74) is 0.968. The molecule has 1 saturated heterocycles. The van der Waals surface area contributed by atoms with Crippen molar-refractivity contribution in [1.29, 1.82) is 0 Å². The number of likely N-dealkylation sites (tertiary alicyclic amines) is 1. The van der Waals surface area contributed by atoms with Crippen molar-refractivity contribution in [1.82, 2.24) is 4.90 Å². The molecule has 0 spiro atoms. The third kappa shape index (κ3) is 2.38. The summed E-state index contributed by atoms with van der Waals surface area (Å²) in [7, 11) is 2.11. The normalized spacial score (nSPS) is 52.5. The number of fused-ring (bicyclic) bond motifs is 5. The molecule has 1 aliphatic heterocycles. The number of amides is 1. The molecule has 8 atom stereocenters. The van der Waals surface area contributed by atoms with Crippen LogP contribution in [0.25, 0.3) is 0 Å². The van der Waals surface area contributed by atoms with E-state index < -0.39 is 0 Å². The van der Waals surface area contributed by atoms with Gasteiger partial charge in [0.05, 0.1) is 0 Å². The Morgan fingerprint density at radius 1 is 1.12 bits per heavy atom. The van der Waals surface area contributed by atoms with Gasteiger partial charge in [-0.2, -0.15) is 0 Å². The van der Waals surface area contributed by atoms with E-state index in [0.717, 1.165) is 36.5 Å². The molecule has 4 fully saturated rings. The first kappa shape index (κ1) is 17.9. The van der Waals surface area contributed by atoms with E-state index in [0.29, 0.717) is 28.7 Å². The predicted molar refractivity (Wildman–Crippen MR) is 103 cm³/mol. The van der Waals surface area contributed by atoms with Gasteiger partial charge in [-0.1, -0.05) is 40.5 Å². The van der Waals surface area contributed by atoms with Crippen molar-refractivity contribution in [2.24, 2.45) is 40.4 Å². The van der Waals surface area contributed by atoms with Gasteiger partial charge in [0, 0.05) is 19.5 Å². The number of piperidine rings is 1. The molecule has 0 aromatic carbocycles. The molecule has 1 heterocycles. The quantitative estimate of drug-likeness (QED) is 0.646. The second-order valence-electron chi connectivity index (χ2n) is 10.6. The van der Waals surface area contributed by atoms with E-state index in [1.54, 1.807) is 0 Å². The maximum absolute atomic E-state index is 12.6. The lowest BCUT2D eigenvalue weighted by atomic mass is 9.43. The van der Waals surface area contributed by atoms with Gasteiger partial charge in [-0.15, -0.1) is 0 Å². The Morgan fingerprint density at radius 2 is 1.88 bits per heavy atom. The van der Waals surface area contributed by atoms with Crippen LogP contribution in [0.3, 0.4) is 0 Å². The summed E-state index contributed by atoms with van der Waals surface area (Å²) in [6, 6.07) is 0.482. The average Bonchev–Trinajstić information content (AvgIpc) is 2.97. The van der Waals surface area contributed by atoms with Gasteiger partial charge in [-0.05, 0) is 78.9 Å². The molecule has 3 saturated carbocycles. The van der Waals surface area contributed by atoms with Crippen LogP contribution < -0.4 is 0 Å². The fourth-order valence-corrected chi connectivity index (χ4v) is 8.49. The lowest BCUT2D eigenvalue weighted by molar-refractivity contribution is -0.181. The van der Waals surface area contributed by atoms with Crippen molar-refractivity contribution in [2.45, 2.75) is 91.5 Å². The summed E-state index contributed by atoms with van der Waals surface area (Å²) in [6.07, 6.45) is 11.7. The molecule has 4 aliphatic rings. The molecule has 2 nitrogen and oxygen atoms in total. The van der Waals surface area contributed by atoms with Crippen LogP contribution in [-0.4, -0.2) is 23.9 Å². The predicted octanol–water partition coefficient (Wildman–Crippen LogP) is 5.51. The van der Waals surface area contributed by atoms with Crippen LogP contribution in [0, 0.1) is 40.4 Å². The Hall–Kier alpha value is -0.530. The number of hydrogen-bond donors (Lipinski definition) is 0.